The lowest BCUT2D eigenvalue weighted by Gasteiger charge is -2.36. The summed E-state index contributed by atoms with van der Waals surface area (Å²) in [6, 6.07) is 31.0. The van der Waals surface area contributed by atoms with Crippen LogP contribution in [0.3, 0.4) is 0 Å². The van der Waals surface area contributed by atoms with Crippen molar-refractivity contribution in [3.8, 4) is 0 Å². The third-order valence-corrected chi connectivity index (χ3v) is 9.92. The summed E-state index contributed by atoms with van der Waals surface area (Å²) in [7, 11) is 0. The zero-order valence-corrected chi connectivity index (χ0v) is 35.6. The van der Waals surface area contributed by atoms with E-state index in [9.17, 15) is 4.79 Å². The molecule has 0 aliphatic carbocycles. The van der Waals surface area contributed by atoms with Crippen LogP contribution in [-0.2, 0) is 48.3 Å². The molecule has 9 nitrogen and oxygen atoms in total. The first kappa shape index (κ1) is 49.2. The van der Waals surface area contributed by atoms with Crippen LogP contribution in [0.2, 0.25) is 0 Å². The number of hydrogen-bond acceptors (Lipinski definition) is 9. The molecular weight excluding hydrogens is 733 g/mol. The van der Waals surface area contributed by atoms with E-state index in [1.807, 2.05) is 54.6 Å². The van der Waals surface area contributed by atoms with Crippen molar-refractivity contribution in [2.24, 2.45) is 0 Å². The van der Waals surface area contributed by atoms with E-state index < -0.39 is 5.60 Å². The first-order valence-corrected chi connectivity index (χ1v) is 22.2. The number of esters is 1. The zero-order chi connectivity index (χ0) is 40.9. The molecule has 0 aliphatic rings. The Morgan fingerprint density at radius 1 is 0.379 bits per heavy atom. The fourth-order valence-electron chi connectivity index (χ4n) is 6.80. The second kappa shape index (κ2) is 34.7. The molecule has 0 fully saturated rings. The van der Waals surface area contributed by atoms with Crippen molar-refractivity contribution < 1.29 is 42.7 Å². The molecule has 0 unspecified atom stereocenters. The van der Waals surface area contributed by atoms with Crippen LogP contribution in [0.1, 0.15) is 114 Å². The second-order valence-corrected chi connectivity index (χ2v) is 14.5. The van der Waals surface area contributed by atoms with Crippen LogP contribution in [0.15, 0.2) is 91.0 Å². The maximum Gasteiger partial charge on any atom is 0.305 e. The summed E-state index contributed by atoms with van der Waals surface area (Å²) in [5, 5.41) is 0. The number of ether oxygens (including phenoxy) is 8. The van der Waals surface area contributed by atoms with Gasteiger partial charge in [-0.1, -0.05) is 175 Å². The van der Waals surface area contributed by atoms with E-state index >= 15 is 0 Å². The molecule has 324 valence electrons. The number of rotatable bonds is 39. The average Bonchev–Trinajstić information content (AvgIpc) is 3.26. The summed E-state index contributed by atoms with van der Waals surface area (Å²) in [6.07, 6.45) is 17.3. The van der Waals surface area contributed by atoms with E-state index in [4.69, 9.17) is 37.9 Å². The Balaban J connectivity index is 1.05. The maximum absolute atomic E-state index is 11.9. The topological polar surface area (TPSA) is 90.9 Å². The van der Waals surface area contributed by atoms with Crippen LogP contribution >= 0.6 is 0 Å². The molecule has 0 N–H and O–H groups in total. The van der Waals surface area contributed by atoms with Gasteiger partial charge in [0.1, 0.15) is 12.2 Å². The van der Waals surface area contributed by atoms with Gasteiger partial charge >= 0.3 is 5.97 Å². The van der Waals surface area contributed by atoms with E-state index in [-0.39, 0.29) is 12.6 Å². The highest BCUT2D eigenvalue weighted by Gasteiger charge is 2.37. The van der Waals surface area contributed by atoms with E-state index in [0.29, 0.717) is 92.3 Å². The van der Waals surface area contributed by atoms with Crippen molar-refractivity contribution in [2.45, 2.75) is 102 Å². The van der Waals surface area contributed by atoms with Gasteiger partial charge in [0.05, 0.1) is 85.9 Å². The van der Waals surface area contributed by atoms with Gasteiger partial charge < -0.3 is 37.9 Å². The van der Waals surface area contributed by atoms with Crippen molar-refractivity contribution >= 4 is 5.97 Å². The molecule has 0 heterocycles. The molecule has 0 radical (unpaired) electrons. The maximum atomic E-state index is 11.9. The first-order valence-electron chi connectivity index (χ1n) is 22.2. The molecule has 0 amide bonds. The van der Waals surface area contributed by atoms with Gasteiger partial charge in [-0.2, -0.15) is 0 Å². The summed E-state index contributed by atoms with van der Waals surface area (Å²) in [5.74, 6) is -0.131. The smallest absolute Gasteiger partial charge is 0.305 e. The molecule has 0 saturated carbocycles. The van der Waals surface area contributed by atoms with Crippen molar-refractivity contribution in [1.82, 2.24) is 0 Å². The van der Waals surface area contributed by atoms with Crippen LogP contribution in [-0.4, -0.2) is 98.5 Å². The molecule has 3 rings (SSSR count). The van der Waals surface area contributed by atoms with E-state index in [2.05, 4.69) is 43.3 Å². The first-order chi connectivity index (χ1) is 28.8. The van der Waals surface area contributed by atoms with Gasteiger partial charge in [-0.3, -0.25) is 4.79 Å². The van der Waals surface area contributed by atoms with E-state index in [1.165, 1.54) is 70.6 Å². The standard InChI is InChI=1S/C49H74O9/c1-2-3-4-5-6-7-8-9-10-11-12-13-23-30-48(50)57-43-41-55-39-37-53-35-33-51-31-32-52-34-36-54-38-40-56-42-44-58-49(45-24-17-14-18-25-45,46-26-19-15-20-27-46)47-28-21-16-22-29-47/h14-22,24-29H,2-13,23,30-44H2,1H3. The Bertz CT molecular complexity index is 1250. The van der Waals surface area contributed by atoms with Crippen LogP contribution in [0, 0.1) is 0 Å². The van der Waals surface area contributed by atoms with Gasteiger partial charge in [0.15, 0.2) is 0 Å². The van der Waals surface area contributed by atoms with E-state index in [1.54, 1.807) is 0 Å². The van der Waals surface area contributed by atoms with Gasteiger partial charge in [0.2, 0.25) is 0 Å². The normalized spacial score (nSPS) is 11.6. The van der Waals surface area contributed by atoms with Gasteiger partial charge in [-0.15, -0.1) is 0 Å². The van der Waals surface area contributed by atoms with Crippen LogP contribution in [0.4, 0.5) is 0 Å². The lowest BCUT2D eigenvalue weighted by atomic mass is 9.80. The summed E-state index contributed by atoms with van der Waals surface area (Å²) in [4.78, 5) is 11.9. The Morgan fingerprint density at radius 3 is 1.02 bits per heavy atom. The minimum Gasteiger partial charge on any atom is -0.463 e. The number of benzene rings is 3. The van der Waals surface area contributed by atoms with Gasteiger partial charge in [-0.05, 0) is 23.1 Å². The average molecular weight is 807 g/mol. The summed E-state index contributed by atoms with van der Waals surface area (Å²) < 4.78 is 45.7. The number of carbonyl (C=O) groups is 1. The quantitative estimate of drug-likeness (QED) is 0.0318. The Morgan fingerprint density at radius 2 is 0.672 bits per heavy atom. The highest BCUT2D eigenvalue weighted by Crippen LogP contribution is 2.40. The fourth-order valence-corrected chi connectivity index (χ4v) is 6.80. The molecule has 0 spiro atoms. The minimum atomic E-state index is -0.752. The second-order valence-electron chi connectivity index (χ2n) is 14.5. The van der Waals surface area contributed by atoms with Crippen molar-refractivity contribution in [2.75, 3.05) is 92.5 Å². The predicted octanol–water partition coefficient (Wildman–Crippen LogP) is 10.1. The van der Waals surface area contributed by atoms with Crippen LogP contribution in [0.5, 0.6) is 0 Å². The fraction of sp³-hybridized carbons (Fsp3) is 0.612. The zero-order valence-electron chi connectivity index (χ0n) is 35.6. The summed E-state index contributed by atoms with van der Waals surface area (Å²) in [5.41, 5.74) is 2.45. The molecule has 0 saturated heterocycles. The van der Waals surface area contributed by atoms with Gasteiger partial charge in [-0.25, -0.2) is 0 Å². The lowest BCUT2D eigenvalue weighted by Crippen LogP contribution is -2.34. The van der Waals surface area contributed by atoms with E-state index in [0.717, 1.165) is 29.5 Å². The molecule has 0 aromatic heterocycles. The molecule has 0 bridgehead atoms. The molecule has 0 aliphatic heterocycles. The van der Waals surface area contributed by atoms with Crippen molar-refractivity contribution in [1.29, 1.82) is 0 Å². The number of unbranched alkanes of at least 4 members (excludes halogenated alkanes) is 12. The molecule has 9 heteroatoms. The Kier molecular flexibility index (Phi) is 29.4. The number of hydrogen-bond donors (Lipinski definition) is 0. The Hall–Kier alpha value is -3.15. The molecule has 58 heavy (non-hydrogen) atoms. The third kappa shape index (κ3) is 22.3. The van der Waals surface area contributed by atoms with Crippen molar-refractivity contribution in [3.05, 3.63) is 108 Å². The summed E-state index contributed by atoms with van der Waals surface area (Å²) >= 11 is 0. The molecular formula is C49H74O9. The molecule has 3 aromatic carbocycles. The van der Waals surface area contributed by atoms with Crippen LogP contribution in [0.25, 0.3) is 0 Å². The van der Waals surface area contributed by atoms with Crippen molar-refractivity contribution in [3.63, 3.8) is 0 Å². The van der Waals surface area contributed by atoms with Gasteiger partial charge in [0, 0.05) is 6.42 Å². The largest absolute Gasteiger partial charge is 0.463 e. The summed E-state index contributed by atoms with van der Waals surface area (Å²) in [6.45, 7) is 8.60. The minimum absolute atomic E-state index is 0.131. The van der Waals surface area contributed by atoms with Crippen LogP contribution < -0.4 is 0 Å². The predicted molar refractivity (Wildman–Crippen MR) is 231 cm³/mol. The lowest BCUT2D eigenvalue weighted by molar-refractivity contribution is -0.145. The molecule has 0 atom stereocenters. The molecule has 3 aromatic rings. The Labute approximate surface area is 350 Å². The highest BCUT2D eigenvalue weighted by atomic mass is 16.6. The highest BCUT2D eigenvalue weighted by molar-refractivity contribution is 5.69. The monoisotopic (exact) mass is 807 g/mol. The third-order valence-electron chi connectivity index (χ3n) is 9.92. The van der Waals surface area contributed by atoms with Gasteiger partial charge in [0.25, 0.3) is 0 Å². The number of carbonyl (C=O) groups excluding carboxylic acids is 1. The SMILES string of the molecule is CCCCCCCCCCCCCCCC(=O)OCCOCCOCCOCCOCCOCCOCCOC(c1ccccc1)(c1ccccc1)c1ccccc1.